The Morgan fingerprint density at radius 3 is 2.53 bits per heavy atom. The van der Waals surface area contributed by atoms with Gasteiger partial charge in [-0.05, 0) is 18.8 Å². The van der Waals surface area contributed by atoms with Crippen molar-refractivity contribution in [3.8, 4) is 0 Å². The number of rotatable bonds is 5. The summed E-state index contributed by atoms with van der Waals surface area (Å²) < 4.78 is 0. The highest BCUT2D eigenvalue weighted by atomic mass is 16.4. The molecule has 0 fully saturated rings. The SMILES string of the molecule is CCCCC(CC)C(=O)[O-].c1c[nH+]c[nH]1. The summed E-state index contributed by atoms with van der Waals surface area (Å²) in [6.45, 7) is 3.94. The van der Waals surface area contributed by atoms with E-state index in [9.17, 15) is 9.90 Å². The van der Waals surface area contributed by atoms with Crippen molar-refractivity contribution in [1.82, 2.24) is 4.98 Å². The molecule has 4 nitrogen and oxygen atoms in total. The molecule has 1 aromatic heterocycles. The molecule has 0 spiro atoms. The Bertz CT molecular complexity index is 218. The summed E-state index contributed by atoms with van der Waals surface area (Å²) in [4.78, 5) is 15.9. The number of aromatic nitrogens is 2. The summed E-state index contributed by atoms with van der Waals surface area (Å²) in [6, 6.07) is 0. The van der Waals surface area contributed by atoms with E-state index in [1.165, 1.54) is 0 Å². The lowest BCUT2D eigenvalue weighted by atomic mass is 10.00. The average Bonchev–Trinajstić information content (AvgIpc) is 2.76. The molecule has 0 saturated heterocycles. The largest absolute Gasteiger partial charge is 0.550 e. The van der Waals surface area contributed by atoms with Crippen LogP contribution in [0.25, 0.3) is 0 Å². The standard InChI is InChI=1S/C8H16O2.C3H4N2/c1-3-5-6-7(4-2)8(9)10;1-2-5-3-4-1/h7H,3-6H2,1-2H3,(H,9,10);1-3H,(H,4,5). The molecule has 0 aliphatic rings. The molecule has 0 amide bonds. The highest BCUT2D eigenvalue weighted by Crippen LogP contribution is 2.10. The van der Waals surface area contributed by atoms with E-state index in [2.05, 4.69) is 16.9 Å². The summed E-state index contributed by atoms with van der Waals surface area (Å²) in [5.41, 5.74) is 0. The zero-order valence-corrected chi connectivity index (χ0v) is 9.45. The van der Waals surface area contributed by atoms with Crippen molar-refractivity contribution in [3.63, 3.8) is 0 Å². The Labute approximate surface area is 90.7 Å². The van der Waals surface area contributed by atoms with Gasteiger partial charge in [0.25, 0.3) is 0 Å². The van der Waals surface area contributed by atoms with E-state index in [-0.39, 0.29) is 5.92 Å². The molecule has 0 aliphatic heterocycles. The van der Waals surface area contributed by atoms with Crippen LogP contribution in [0.1, 0.15) is 39.5 Å². The number of H-pyrrole nitrogens is 2. The van der Waals surface area contributed by atoms with Crippen LogP contribution in [0, 0.1) is 5.92 Å². The van der Waals surface area contributed by atoms with Crippen molar-refractivity contribution in [3.05, 3.63) is 18.7 Å². The Kier molecular flexibility index (Phi) is 8.43. The molecule has 4 heteroatoms. The van der Waals surface area contributed by atoms with Crippen molar-refractivity contribution in [2.24, 2.45) is 5.92 Å². The molecule has 0 aliphatic carbocycles. The molecule has 2 N–H and O–H groups in total. The number of nitrogens with one attached hydrogen (secondary N) is 2. The number of carboxylic acid groups (broad SMARTS) is 1. The molecular formula is C11H20N2O2. The minimum absolute atomic E-state index is 0.222. The number of carbonyl (C=O) groups excluding carboxylic acids is 1. The van der Waals surface area contributed by atoms with Gasteiger partial charge >= 0.3 is 0 Å². The van der Waals surface area contributed by atoms with Gasteiger partial charge in [0.1, 0.15) is 12.4 Å². The molecule has 1 atom stereocenters. The lowest BCUT2D eigenvalue weighted by Crippen LogP contribution is -2.30. The molecule has 0 bridgehead atoms. The molecule has 86 valence electrons. The van der Waals surface area contributed by atoms with Crippen molar-refractivity contribution in [1.29, 1.82) is 0 Å². The first-order valence-corrected chi connectivity index (χ1v) is 5.42. The second kappa shape index (κ2) is 9.24. The number of aliphatic carboxylic acids is 1. The van der Waals surface area contributed by atoms with E-state index in [0.29, 0.717) is 6.42 Å². The molecule has 1 aromatic rings. The second-order valence-corrected chi connectivity index (χ2v) is 3.38. The predicted molar refractivity (Wildman–Crippen MR) is 55.7 cm³/mol. The van der Waals surface area contributed by atoms with Crippen LogP contribution in [0.2, 0.25) is 0 Å². The van der Waals surface area contributed by atoms with Gasteiger partial charge in [0.05, 0.1) is 0 Å². The monoisotopic (exact) mass is 212 g/mol. The molecule has 1 rings (SSSR count). The number of aromatic amines is 2. The highest BCUT2D eigenvalue weighted by molar-refractivity contribution is 5.67. The zero-order chi connectivity index (χ0) is 11.5. The Balaban J connectivity index is 0.000000322. The van der Waals surface area contributed by atoms with Crippen LogP contribution >= 0.6 is 0 Å². The molecule has 0 radical (unpaired) electrons. The first-order valence-electron chi connectivity index (χ1n) is 5.42. The van der Waals surface area contributed by atoms with Crippen molar-refractivity contribution in [2.75, 3.05) is 0 Å². The Morgan fingerprint density at radius 2 is 2.27 bits per heavy atom. The molecule has 1 unspecified atom stereocenters. The fourth-order valence-corrected chi connectivity index (χ4v) is 1.18. The van der Waals surface area contributed by atoms with Gasteiger partial charge in [0.2, 0.25) is 6.33 Å². The van der Waals surface area contributed by atoms with E-state index in [0.717, 1.165) is 19.3 Å². The Hall–Kier alpha value is -1.32. The third-order valence-electron chi connectivity index (χ3n) is 2.17. The maximum atomic E-state index is 10.3. The summed E-state index contributed by atoms with van der Waals surface area (Å²) in [7, 11) is 0. The van der Waals surface area contributed by atoms with Gasteiger partial charge < -0.3 is 9.90 Å². The van der Waals surface area contributed by atoms with Crippen LogP contribution in [0.4, 0.5) is 0 Å². The minimum atomic E-state index is -0.893. The van der Waals surface area contributed by atoms with Gasteiger partial charge in [0, 0.05) is 5.97 Å². The first-order chi connectivity index (χ1) is 7.22. The Morgan fingerprint density at radius 1 is 1.53 bits per heavy atom. The van der Waals surface area contributed by atoms with Crippen LogP contribution in [0.15, 0.2) is 18.7 Å². The van der Waals surface area contributed by atoms with E-state index < -0.39 is 5.97 Å². The fourth-order valence-electron chi connectivity index (χ4n) is 1.18. The lowest BCUT2D eigenvalue weighted by molar-refractivity contribution is -0.375. The number of carboxylic acids is 1. The quantitative estimate of drug-likeness (QED) is 0.783. The molecule has 1 heterocycles. The first kappa shape index (κ1) is 13.7. The molecule has 0 aromatic carbocycles. The predicted octanol–water partition coefficient (Wildman–Crippen LogP) is 0.781. The maximum absolute atomic E-state index is 10.3. The lowest BCUT2D eigenvalue weighted by Gasteiger charge is -2.14. The van der Waals surface area contributed by atoms with Gasteiger partial charge in [-0.25, -0.2) is 0 Å². The third kappa shape index (κ3) is 7.73. The fraction of sp³-hybridized carbons (Fsp3) is 0.636. The van der Waals surface area contributed by atoms with Crippen molar-refractivity contribution < 1.29 is 14.9 Å². The van der Waals surface area contributed by atoms with Crippen LogP contribution in [0.3, 0.4) is 0 Å². The number of hydrogen-bond donors (Lipinski definition) is 1. The van der Waals surface area contributed by atoms with E-state index in [1.807, 2.05) is 19.3 Å². The molecule has 15 heavy (non-hydrogen) atoms. The number of carbonyl (C=O) groups is 1. The van der Waals surface area contributed by atoms with Crippen molar-refractivity contribution in [2.45, 2.75) is 39.5 Å². The van der Waals surface area contributed by atoms with Gasteiger partial charge in [-0.15, -0.1) is 0 Å². The zero-order valence-electron chi connectivity index (χ0n) is 9.45. The van der Waals surface area contributed by atoms with E-state index >= 15 is 0 Å². The van der Waals surface area contributed by atoms with Crippen LogP contribution < -0.4 is 10.1 Å². The summed E-state index contributed by atoms with van der Waals surface area (Å²) >= 11 is 0. The van der Waals surface area contributed by atoms with E-state index in [4.69, 9.17) is 0 Å². The number of hydrogen-bond acceptors (Lipinski definition) is 2. The summed E-state index contributed by atoms with van der Waals surface area (Å²) in [6.07, 6.45) is 8.91. The van der Waals surface area contributed by atoms with Gasteiger partial charge in [0.15, 0.2) is 0 Å². The summed E-state index contributed by atoms with van der Waals surface area (Å²) in [5, 5.41) is 10.3. The number of unbranched alkanes of at least 4 members (excludes halogenated alkanes) is 1. The van der Waals surface area contributed by atoms with Crippen LogP contribution in [-0.4, -0.2) is 11.0 Å². The topological polar surface area (TPSA) is 70.1 Å². The van der Waals surface area contributed by atoms with Crippen LogP contribution in [-0.2, 0) is 4.79 Å². The second-order valence-electron chi connectivity index (χ2n) is 3.38. The molecule has 0 saturated carbocycles. The minimum Gasteiger partial charge on any atom is -0.550 e. The summed E-state index contributed by atoms with van der Waals surface area (Å²) in [5.74, 6) is -1.11. The normalized spacial score (nSPS) is 11.3. The van der Waals surface area contributed by atoms with E-state index in [1.54, 1.807) is 6.33 Å². The maximum Gasteiger partial charge on any atom is 0.239 e. The van der Waals surface area contributed by atoms with Crippen LogP contribution in [0.5, 0.6) is 0 Å². The third-order valence-corrected chi connectivity index (χ3v) is 2.17. The smallest absolute Gasteiger partial charge is 0.239 e. The van der Waals surface area contributed by atoms with Gasteiger partial charge in [-0.2, -0.15) is 0 Å². The van der Waals surface area contributed by atoms with Gasteiger partial charge in [-0.3, -0.25) is 9.97 Å². The van der Waals surface area contributed by atoms with Crippen molar-refractivity contribution >= 4 is 5.97 Å². The molecular weight excluding hydrogens is 192 g/mol. The average molecular weight is 212 g/mol. The highest BCUT2D eigenvalue weighted by Gasteiger charge is 2.04. The number of imidazole rings is 1. The van der Waals surface area contributed by atoms with Gasteiger partial charge in [-0.1, -0.05) is 26.7 Å².